The summed E-state index contributed by atoms with van der Waals surface area (Å²) in [4.78, 5) is 1.34. The predicted molar refractivity (Wildman–Crippen MR) is 195 cm³/mol. The molecule has 0 amide bonds. The van der Waals surface area contributed by atoms with Crippen molar-refractivity contribution in [3.63, 3.8) is 0 Å². The number of furan rings is 1. The number of thioether (sulfide) groups is 1. The van der Waals surface area contributed by atoms with Gasteiger partial charge in [-0.05, 0) is 78.5 Å². The molecule has 2 aromatic carbocycles. The van der Waals surface area contributed by atoms with Gasteiger partial charge in [0.15, 0.2) is 11.5 Å². The van der Waals surface area contributed by atoms with Gasteiger partial charge in [-0.2, -0.15) is 0 Å². The molecule has 0 unspecified atom stereocenters. The maximum atomic E-state index is 5.34. The maximum absolute atomic E-state index is 5.34. The van der Waals surface area contributed by atoms with Gasteiger partial charge in [-0.25, -0.2) is 0 Å². The average Bonchev–Trinajstić information content (AvgIpc) is 3.62. The molecule has 0 radical (unpaired) electrons. The van der Waals surface area contributed by atoms with Gasteiger partial charge in [0.2, 0.25) is 6.79 Å². The van der Waals surface area contributed by atoms with Crippen LogP contribution in [0.1, 0.15) is 123 Å². The van der Waals surface area contributed by atoms with Gasteiger partial charge in [0.25, 0.3) is 0 Å². The minimum atomic E-state index is 0.358. The largest absolute Gasteiger partial charge is 0.466 e. The molecule has 4 rings (SSSR count). The van der Waals surface area contributed by atoms with Gasteiger partial charge in [-0.1, -0.05) is 107 Å². The first kappa shape index (κ1) is 41.4. The second kappa shape index (κ2) is 22.8. The van der Waals surface area contributed by atoms with Gasteiger partial charge in [-0.3, -0.25) is 0 Å². The summed E-state index contributed by atoms with van der Waals surface area (Å²) < 4.78 is 15.8. The molecule has 5 heteroatoms. The van der Waals surface area contributed by atoms with Crippen LogP contribution in [-0.2, 0) is 0 Å². The van der Waals surface area contributed by atoms with Crippen LogP contribution in [0.25, 0.3) is 0 Å². The molecule has 3 aromatic rings. The number of fused-ring (bicyclic) bond motifs is 1. The molecule has 0 saturated carbocycles. The Labute approximate surface area is 275 Å². The number of aryl methyl sites for hydroxylation is 1. The molecule has 1 aliphatic heterocycles. The Kier molecular flexibility index (Phi) is 21.5. The Bertz CT molecular complexity index is 1140. The van der Waals surface area contributed by atoms with Crippen LogP contribution in [0, 0.1) is 12.8 Å². The fourth-order valence-corrected chi connectivity index (χ4v) is 4.10. The monoisotopic (exact) mass is 625 g/mol. The fraction of sp³-hybridized carbons (Fsp3) is 0.538. The maximum Gasteiger partial charge on any atom is 0.231 e. The van der Waals surface area contributed by atoms with Crippen LogP contribution in [0.3, 0.4) is 0 Å². The minimum absolute atomic E-state index is 0.358. The standard InChI is InChI=1S/C10H12O2.C10H14S.C8H12O.C6H15N.C5H10/c1-7(2)8-3-4-9-10(5-8)12-6-11-9;1-8(2)9-4-6-10(11-3)7-5-9;1-6(2)8-5-4-7(3)9-8;1-5(2)7-6(3)4;1-4-5(2)3/h3-5,7H,6H2,1-2H3;4-8H,1-3H3;4-6H,1-3H3;5-7H,1-4H3;4-5H,1H2,2-3H3. The number of nitrogens with one attached hydrogen (secondary N) is 1. The van der Waals surface area contributed by atoms with Gasteiger partial charge < -0.3 is 19.2 Å². The summed E-state index contributed by atoms with van der Waals surface area (Å²) in [7, 11) is 0. The lowest BCUT2D eigenvalue weighted by molar-refractivity contribution is 0.174. The van der Waals surface area contributed by atoms with Crippen LogP contribution in [0.5, 0.6) is 11.5 Å². The Hall–Kier alpha value is -2.63. The minimum Gasteiger partial charge on any atom is -0.466 e. The van der Waals surface area contributed by atoms with Crippen LogP contribution in [0.4, 0.5) is 0 Å². The van der Waals surface area contributed by atoms with Gasteiger partial charge in [0, 0.05) is 22.9 Å². The zero-order valence-electron chi connectivity index (χ0n) is 30.3. The average molecular weight is 626 g/mol. The fourth-order valence-electron chi connectivity index (χ4n) is 3.69. The van der Waals surface area contributed by atoms with Gasteiger partial charge >= 0.3 is 0 Å². The van der Waals surface area contributed by atoms with Crippen molar-refractivity contribution in [2.24, 2.45) is 5.92 Å². The van der Waals surface area contributed by atoms with Crippen molar-refractivity contribution < 1.29 is 13.9 Å². The van der Waals surface area contributed by atoms with E-state index in [2.05, 4.69) is 132 Å². The summed E-state index contributed by atoms with van der Waals surface area (Å²) in [5.41, 5.74) is 2.71. The van der Waals surface area contributed by atoms with E-state index in [1.807, 2.05) is 37.3 Å². The molecule has 1 aromatic heterocycles. The van der Waals surface area contributed by atoms with Crippen molar-refractivity contribution in [1.82, 2.24) is 5.32 Å². The highest BCUT2D eigenvalue weighted by atomic mass is 32.2. The van der Waals surface area contributed by atoms with Crippen LogP contribution < -0.4 is 14.8 Å². The highest BCUT2D eigenvalue weighted by Gasteiger charge is 2.13. The Morgan fingerprint density at radius 3 is 1.52 bits per heavy atom. The third-order valence-corrected chi connectivity index (χ3v) is 7.06. The van der Waals surface area contributed by atoms with E-state index >= 15 is 0 Å². The van der Waals surface area contributed by atoms with E-state index in [1.54, 1.807) is 11.8 Å². The number of ether oxygens (including phenoxy) is 2. The number of benzene rings is 2. The van der Waals surface area contributed by atoms with Crippen molar-refractivity contribution in [3.05, 3.63) is 89.9 Å². The summed E-state index contributed by atoms with van der Waals surface area (Å²) in [5, 5.41) is 3.31. The van der Waals surface area contributed by atoms with E-state index in [0.717, 1.165) is 23.0 Å². The van der Waals surface area contributed by atoms with Crippen LogP contribution in [0.15, 0.2) is 76.6 Å². The molecule has 0 fully saturated rings. The summed E-state index contributed by atoms with van der Waals surface area (Å²) in [5.74, 6) is 6.16. The van der Waals surface area contributed by atoms with E-state index in [4.69, 9.17) is 13.9 Å². The molecular weight excluding hydrogens is 563 g/mol. The topological polar surface area (TPSA) is 43.6 Å². The van der Waals surface area contributed by atoms with Crippen LogP contribution >= 0.6 is 11.8 Å². The first-order chi connectivity index (χ1) is 20.6. The normalized spacial score (nSPS) is 11.4. The summed E-state index contributed by atoms with van der Waals surface area (Å²) >= 11 is 1.79. The lowest BCUT2D eigenvalue weighted by Crippen LogP contribution is -2.29. The van der Waals surface area contributed by atoms with E-state index in [9.17, 15) is 0 Å². The van der Waals surface area contributed by atoms with Crippen molar-refractivity contribution >= 4 is 11.8 Å². The third kappa shape index (κ3) is 18.9. The second-order valence-corrected chi connectivity index (χ2v) is 13.6. The highest BCUT2D eigenvalue weighted by Crippen LogP contribution is 2.34. The molecule has 0 saturated heterocycles. The number of hydrogen-bond donors (Lipinski definition) is 1. The third-order valence-electron chi connectivity index (χ3n) is 6.31. The molecule has 0 atom stereocenters. The summed E-state index contributed by atoms with van der Waals surface area (Å²) in [6.07, 6.45) is 4.02. The molecule has 0 bridgehead atoms. The van der Waals surface area contributed by atoms with E-state index in [0.29, 0.717) is 42.5 Å². The SMILES string of the molecule is C=CC(C)C.CC(C)NC(C)C.CC(C)c1ccc2c(c1)OCO2.CSc1ccc(C(C)C)cc1.Cc1ccc(C(C)C)o1. The molecule has 44 heavy (non-hydrogen) atoms. The quantitative estimate of drug-likeness (QED) is 0.209. The zero-order valence-corrected chi connectivity index (χ0v) is 31.1. The number of rotatable bonds is 7. The number of allylic oxidation sites excluding steroid dienone is 1. The van der Waals surface area contributed by atoms with Crippen molar-refractivity contribution in [1.29, 1.82) is 0 Å². The molecule has 248 valence electrons. The molecular formula is C39H63NO3S. The zero-order chi connectivity index (χ0) is 33.8. The highest BCUT2D eigenvalue weighted by molar-refractivity contribution is 7.98. The summed E-state index contributed by atoms with van der Waals surface area (Å²) in [6, 6.07) is 20.1. The molecule has 1 aliphatic rings. The van der Waals surface area contributed by atoms with E-state index in [1.165, 1.54) is 16.0 Å². The summed E-state index contributed by atoms with van der Waals surface area (Å²) in [6.45, 7) is 31.7. The van der Waals surface area contributed by atoms with Gasteiger partial charge in [0.1, 0.15) is 11.5 Å². The first-order valence-corrected chi connectivity index (χ1v) is 17.3. The second-order valence-electron chi connectivity index (χ2n) is 12.8. The predicted octanol–water partition coefficient (Wildman–Crippen LogP) is 12.0. The van der Waals surface area contributed by atoms with Gasteiger partial charge in [-0.15, -0.1) is 18.3 Å². The lowest BCUT2D eigenvalue weighted by atomic mass is 10.0. The molecule has 0 aliphatic carbocycles. The van der Waals surface area contributed by atoms with E-state index in [-0.39, 0.29) is 0 Å². The Morgan fingerprint density at radius 1 is 0.682 bits per heavy atom. The van der Waals surface area contributed by atoms with Crippen molar-refractivity contribution in [3.8, 4) is 11.5 Å². The Morgan fingerprint density at radius 2 is 1.18 bits per heavy atom. The molecule has 1 N–H and O–H groups in total. The van der Waals surface area contributed by atoms with Crippen LogP contribution in [-0.4, -0.2) is 25.1 Å². The smallest absolute Gasteiger partial charge is 0.231 e. The first-order valence-electron chi connectivity index (χ1n) is 16.1. The van der Waals surface area contributed by atoms with Crippen molar-refractivity contribution in [2.75, 3.05) is 13.0 Å². The number of hydrogen-bond acceptors (Lipinski definition) is 5. The van der Waals surface area contributed by atoms with Crippen LogP contribution in [0.2, 0.25) is 0 Å². The lowest BCUT2D eigenvalue weighted by Gasteiger charge is -2.10. The molecule has 4 nitrogen and oxygen atoms in total. The van der Waals surface area contributed by atoms with E-state index < -0.39 is 0 Å². The Balaban J connectivity index is 0.000000542. The van der Waals surface area contributed by atoms with Gasteiger partial charge in [0.05, 0.1) is 0 Å². The van der Waals surface area contributed by atoms with Crippen molar-refractivity contribution in [2.45, 2.75) is 125 Å². The molecule has 2 heterocycles. The molecule has 0 spiro atoms.